The number of nitrogens with one attached hydrogen (secondary N) is 1. The predicted molar refractivity (Wildman–Crippen MR) is 88.4 cm³/mol. The molecule has 3 aromatic rings. The van der Waals surface area contributed by atoms with E-state index < -0.39 is 0 Å². The lowest BCUT2D eigenvalue weighted by Crippen LogP contribution is -2.05. The van der Waals surface area contributed by atoms with Gasteiger partial charge in [0.1, 0.15) is 0 Å². The highest BCUT2D eigenvalue weighted by molar-refractivity contribution is 6.35. The summed E-state index contributed by atoms with van der Waals surface area (Å²) in [6.07, 6.45) is 0.615. The zero-order valence-electron chi connectivity index (χ0n) is 11.6. The fraction of sp³-hybridized carbons (Fsp3) is 0.125. The summed E-state index contributed by atoms with van der Waals surface area (Å²) in [5.74, 6) is 1.11. The van der Waals surface area contributed by atoms with E-state index in [0.717, 1.165) is 11.3 Å². The molecule has 0 spiro atoms. The molecule has 3 rings (SSSR count). The molecule has 0 amide bonds. The molecule has 0 saturated carbocycles. The number of hydrogen-bond donors (Lipinski definition) is 1. The van der Waals surface area contributed by atoms with Crippen molar-refractivity contribution in [2.75, 3.05) is 11.9 Å². The highest BCUT2D eigenvalue weighted by Gasteiger charge is 2.07. The Balaban J connectivity index is 1.59. The van der Waals surface area contributed by atoms with E-state index in [-0.39, 0.29) is 0 Å². The minimum absolute atomic E-state index is 0.529. The number of hydrogen-bond acceptors (Lipinski definition) is 4. The molecule has 0 atom stereocenters. The van der Waals surface area contributed by atoms with Gasteiger partial charge in [-0.25, -0.2) is 0 Å². The molecule has 0 aliphatic heterocycles. The predicted octanol–water partition coefficient (Wildman–Crippen LogP) is 4.70. The van der Waals surface area contributed by atoms with Crippen molar-refractivity contribution in [2.24, 2.45) is 0 Å². The summed E-state index contributed by atoms with van der Waals surface area (Å²) in [5.41, 5.74) is 1.77. The van der Waals surface area contributed by atoms with Gasteiger partial charge in [-0.05, 0) is 30.3 Å². The smallest absolute Gasteiger partial charge is 0.247 e. The second-order valence-electron chi connectivity index (χ2n) is 4.70. The van der Waals surface area contributed by atoms with Gasteiger partial charge < -0.3 is 9.73 Å². The molecular formula is C16H13Cl2N3O. The monoisotopic (exact) mass is 333 g/mol. The number of anilines is 1. The van der Waals surface area contributed by atoms with E-state index in [1.807, 2.05) is 42.5 Å². The molecule has 0 bridgehead atoms. The molecule has 2 aromatic carbocycles. The zero-order chi connectivity index (χ0) is 15.4. The lowest BCUT2D eigenvalue weighted by Gasteiger charge is -2.05. The van der Waals surface area contributed by atoms with Crippen LogP contribution in [0.1, 0.15) is 5.89 Å². The first-order chi connectivity index (χ1) is 10.7. The van der Waals surface area contributed by atoms with Gasteiger partial charge in [0, 0.05) is 34.3 Å². The van der Waals surface area contributed by atoms with Gasteiger partial charge in [0.25, 0.3) is 0 Å². The summed E-state index contributed by atoms with van der Waals surface area (Å²) >= 11 is 11.9. The molecule has 1 aromatic heterocycles. The van der Waals surface area contributed by atoms with Gasteiger partial charge in [0.15, 0.2) is 0 Å². The largest absolute Gasteiger partial charge is 0.421 e. The van der Waals surface area contributed by atoms with Crippen molar-refractivity contribution < 1.29 is 4.42 Å². The first-order valence-corrected chi connectivity index (χ1v) is 7.54. The van der Waals surface area contributed by atoms with Gasteiger partial charge in [0.2, 0.25) is 11.8 Å². The lowest BCUT2D eigenvalue weighted by atomic mass is 10.2. The van der Waals surface area contributed by atoms with Crippen LogP contribution in [0.3, 0.4) is 0 Å². The van der Waals surface area contributed by atoms with E-state index >= 15 is 0 Å². The van der Waals surface area contributed by atoms with Crippen molar-refractivity contribution in [3.8, 4) is 11.5 Å². The maximum absolute atomic E-state index is 5.95. The van der Waals surface area contributed by atoms with E-state index in [1.165, 1.54) is 0 Å². The van der Waals surface area contributed by atoms with Gasteiger partial charge >= 0.3 is 0 Å². The van der Waals surface area contributed by atoms with E-state index in [0.29, 0.717) is 34.8 Å². The average molecular weight is 334 g/mol. The van der Waals surface area contributed by atoms with Crippen LogP contribution in [0.5, 0.6) is 0 Å². The number of rotatable bonds is 5. The van der Waals surface area contributed by atoms with Crippen LogP contribution < -0.4 is 5.32 Å². The Hall–Kier alpha value is -2.04. The molecule has 0 saturated heterocycles. The summed E-state index contributed by atoms with van der Waals surface area (Å²) < 4.78 is 5.64. The zero-order valence-corrected chi connectivity index (χ0v) is 13.1. The highest BCUT2D eigenvalue weighted by Crippen LogP contribution is 2.22. The van der Waals surface area contributed by atoms with Crippen LogP contribution in [-0.4, -0.2) is 16.7 Å². The van der Waals surface area contributed by atoms with Crippen molar-refractivity contribution in [3.63, 3.8) is 0 Å². The molecular weight excluding hydrogens is 321 g/mol. The van der Waals surface area contributed by atoms with Crippen LogP contribution in [0.15, 0.2) is 52.9 Å². The summed E-state index contributed by atoms with van der Waals surface area (Å²) in [7, 11) is 0. The maximum Gasteiger partial charge on any atom is 0.247 e. The molecule has 1 N–H and O–H groups in total. The third kappa shape index (κ3) is 3.78. The Morgan fingerprint density at radius 3 is 2.41 bits per heavy atom. The van der Waals surface area contributed by atoms with Gasteiger partial charge in [0.05, 0.1) is 0 Å². The van der Waals surface area contributed by atoms with Crippen LogP contribution in [-0.2, 0) is 6.42 Å². The number of nitrogens with zero attached hydrogens (tertiary/aromatic N) is 2. The van der Waals surface area contributed by atoms with Gasteiger partial charge in [-0.3, -0.25) is 0 Å². The van der Waals surface area contributed by atoms with Crippen molar-refractivity contribution in [3.05, 3.63) is 64.5 Å². The lowest BCUT2D eigenvalue weighted by molar-refractivity contribution is 0.509. The fourth-order valence-electron chi connectivity index (χ4n) is 2.02. The topological polar surface area (TPSA) is 51.0 Å². The highest BCUT2D eigenvalue weighted by atomic mass is 35.5. The normalized spacial score (nSPS) is 10.6. The molecule has 0 aliphatic rings. The van der Waals surface area contributed by atoms with Crippen molar-refractivity contribution in [1.29, 1.82) is 0 Å². The van der Waals surface area contributed by atoms with Gasteiger partial charge in [-0.1, -0.05) is 41.4 Å². The van der Waals surface area contributed by atoms with Crippen LogP contribution in [0.4, 0.5) is 5.69 Å². The third-order valence-corrected chi connectivity index (χ3v) is 3.45. The van der Waals surface area contributed by atoms with Gasteiger partial charge in [-0.2, -0.15) is 0 Å². The Morgan fingerprint density at radius 1 is 0.955 bits per heavy atom. The summed E-state index contributed by atoms with van der Waals surface area (Å²) in [5, 5.41) is 12.5. The maximum atomic E-state index is 5.95. The second kappa shape index (κ2) is 6.81. The molecule has 0 radical (unpaired) electrons. The Bertz CT molecular complexity index is 739. The summed E-state index contributed by atoms with van der Waals surface area (Å²) in [4.78, 5) is 0. The molecule has 6 heteroatoms. The first-order valence-electron chi connectivity index (χ1n) is 6.78. The minimum atomic E-state index is 0.529. The first kappa shape index (κ1) is 14.9. The van der Waals surface area contributed by atoms with E-state index in [4.69, 9.17) is 27.6 Å². The molecule has 0 aliphatic carbocycles. The summed E-state index contributed by atoms with van der Waals surface area (Å²) in [6.45, 7) is 0.646. The van der Waals surface area contributed by atoms with Crippen molar-refractivity contribution in [1.82, 2.24) is 10.2 Å². The number of halogens is 2. The Labute approximate surface area is 138 Å². The Morgan fingerprint density at radius 2 is 1.68 bits per heavy atom. The van der Waals surface area contributed by atoms with E-state index in [9.17, 15) is 0 Å². The molecule has 22 heavy (non-hydrogen) atoms. The standard InChI is InChI=1S/C16H13Cl2N3O/c17-12-8-13(18)10-14(9-12)19-7-6-15-20-21-16(22-15)11-4-2-1-3-5-11/h1-5,8-10,19H,6-7H2. The van der Waals surface area contributed by atoms with Crippen LogP contribution in [0, 0.1) is 0 Å². The van der Waals surface area contributed by atoms with Crippen molar-refractivity contribution in [2.45, 2.75) is 6.42 Å². The minimum Gasteiger partial charge on any atom is -0.421 e. The van der Waals surface area contributed by atoms with Crippen molar-refractivity contribution >= 4 is 28.9 Å². The number of aromatic nitrogens is 2. The third-order valence-electron chi connectivity index (χ3n) is 3.02. The average Bonchev–Trinajstić information content (AvgIpc) is 2.96. The van der Waals surface area contributed by atoms with Crippen LogP contribution in [0.25, 0.3) is 11.5 Å². The molecule has 112 valence electrons. The molecule has 1 heterocycles. The SMILES string of the molecule is Clc1cc(Cl)cc(NCCc2nnc(-c3ccccc3)o2)c1. The molecule has 0 unspecified atom stereocenters. The van der Waals surface area contributed by atoms with Crippen LogP contribution in [0.2, 0.25) is 10.0 Å². The second-order valence-corrected chi connectivity index (χ2v) is 5.57. The molecule has 0 fully saturated rings. The van der Waals surface area contributed by atoms with E-state index in [1.54, 1.807) is 6.07 Å². The quantitative estimate of drug-likeness (QED) is 0.735. The van der Waals surface area contributed by atoms with E-state index in [2.05, 4.69) is 15.5 Å². The van der Waals surface area contributed by atoms with Gasteiger partial charge in [-0.15, -0.1) is 10.2 Å². The Kier molecular flexibility index (Phi) is 4.61. The summed E-state index contributed by atoms with van der Waals surface area (Å²) in [6, 6.07) is 15.0. The molecule has 4 nitrogen and oxygen atoms in total. The number of benzene rings is 2. The fourth-order valence-corrected chi connectivity index (χ4v) is 2.55. The van der Waals surface area contributed by atoms with Crippen LogP contribution >= 0.6 is 23.2 Å².